The molecule has 2 rings (SSSR count). The maximum Gasteiger partial charge on any atom is 0.349 e. The van der Waals surface area contributed by atoms with E-state index in [1.807, 2.05) is 6.20 Å². The highest BCUT2D eigenvalue weighted by Gasteiger charge is 2.25. The summed E-state index contributed by atoms with van der Waals surface area (Å²) in [5.41, 5.74) is 1.01. The summed E-state index contributed by atoms with van der Waals surface area (Å²) in [6.07, 6.45) is 9.88. The van der Waals surface area contributed by atoms with Crippen LogP contribution >= 0.6 is 0 Å². The molecule has 1 fully saturated rings. The minimum Gasteiger partial charge on any atom is -0.333 e. The van der Waals surface area contributed by atoms with Gasteiger partial charge in [0.1, 0.15) is 11.9 Å². The van der Waals surface area contributed by atoms with Crippen molar-refractivity contribution in [2.45, 2.75) is 71.3 Å². The van der Waals surface area contributed by atoms with Crippen LogP contribution in [0.2, 0.25) is 0 Å². The largest absolute Gasteiger partial charge is 0.349 e. The van der Waals surface area contributed by atoms with Gasteiger partial charge < -0.3 is 10.2 Å². The zero-order valence-corrected chi connectivity index (χ0v) is 13.2. The molecule has 2 heterocycles. The minimum atomic E-state index is -0.180. The first-order chi connectivity index (χ1) is 10.3. The predicted molar refractivity (Wildman–Crippen MR) is 82.1 cm³/mol. The van der Waals surface area contributed by atoms with E-state index in [0.29, 0.717) is 0 Å². The summed E-state index contributed by atoms with van der Waals surface area (Å²) in [6, 6.07) is -0.162. The number of imidazole rings is 1. The Morgan fingerprint density at radius 1 is 1.38 bits per heavy atom. The second-order valence-electron chi connectivity index (χ2n) is 5.73. The first-order valence-electron chi connectivity index (χ1n) is 8.27. The fourth-order valence-corrected chi connectivity index (χ4v) is 2.60. The topological polar surface area (TPSA) is 56.2 Å². The lowest BCUT2D eigenvalue weighted by molar-refractivity contribution is -0.146. The summed E-state index contributed by atoms with van der Waals surface area (Å²) >= 11 is 0. The third-order valence-corrected chi connectivity index (χ3v) is 3.92. The van der Waals surface area contributed by atoms with Crippen LogP contribution in [0.15, 0.2) is 6.20 Å². The highest BCUT2D eigenvalue weighted by molar-refractivity contribution is 5.76. The molecule has 0 spiro atoms. The smallest absolute Gasteiger partial charge is 0.333 e. The van der Waals surface area contributed by atoms with Gasteiger partial charge in [0.15, 0.2) is 0 Å². The van der Waals surface area contributed by atoms with E-state index >= 15 is 0 Å². The van der Waals surface area contributed by atoms with Gasteiger partial charge >= 0.3 is 5.97 Å². The quantitative estimate of drug-likeness (QED) is 0.799. The molecule has 0 unspecified atom stereocenters. The summed E-state index contributed by atoms with van der Waals surface area (Å²) in [5, 5.41) is 3.19. The molecule has 0 aliphatic carbocycles. The van der Waals surface area contributed by atoms with Gasteiger partial charge in [-0.25, -0.2) is 9.78 Å². The summed E-state index contributed by atoms with van der Waals surface area (Å²) in [5.74, 6) is 0.690. The molecule has 1 aliphatic heterocycles. The summed E-state index contributed by atoms with van der Waals surface area (Å²) in [7, 11) is 0. The van der Waals surface area contributed by atoms with Crippen LogP contribution in [0.1, 0.15) is 63.9 Å². The Morgan fingerprint density at radius 2 is 2.14 bits per heavy atom. The van der Waals surface area contributed by atoms with E-state index < -0.39 is 0 Å². The van der Waals surface area contributed by atoms with E-state index in [0.717, 1.165) is 69.4 Å². The first-order valence-corrected chi connectivity index (χ1v) is 8.27. The lowest BCUT2D eigenvalue weighted by Crippen LogP contribution is -2.38. The lowest BCUT2D eigenvalue weighted by Gasteiger charge is -2.14. The third-order valence-electron chi connectivity index (χ3n) is 3.92. The van der Waals surface area contributed by atoms with Crippen molar-refractivity contribution in [1.29, 1.82) is 0 Å². The third kappa shape index (κ3) is 4.30. The van der Waals surface area contributed by atoms with Crippen molar-refractivity contribution < 1.29 is 9.63 Å². The summed E-state index contributed by atoms with van der Waals surface area (Å²) < 4.78 is 1.69. The van der Waals surface area contributed by atoms with Crippen molar-refractivity contribution in [2.75, 3.05) is 6.54 Å². The van der Waals surface area contributed by atoms with Crippen LogP contribution in [0.5, 0.6) is 0 Å². The summed E-state index contributed by atoms with van der Waals surface area (Å²) in [6.45, 7) is 5.21. The number of nitrogens with zero attached hydrogens (tertiary/aromatic N) is 2. The van der Waals surface area contributed by atoms with Crippen LogP contribution in [-0.4, -0.2) is 28.3 Å². The Balaban J connectivity index is 2.08. The van der Waals surface area contributed by atoms with E-state index in [-0.39, 0.29) is 12.0 Å². The second-order valence-corrected chi connectivity index (χ2v) is 5.73. The molecule has 5 heteroatoms. The van der Waals surface area contributed by atoms with Crippen molar-refractivity contribution in [3.8, 4) is 0 Å². The molecule has 1 saturated heterocycles. The number of rotatable bonds is 8. The molecule has 1 aliphatic rings. The van der Waals surface area contributed by atoms with Crippen molar-refractivity contribution in [1.82, 2.24) is 15.0 Å². The molecule has 5 nitrogen and oxygen atoms in total. The van der Waals surface area contributed by atoms with E-state index in [4.69, 9.17) is 4.84 Å². The highest BCUT2D eigenvalue weighted by atomic mass is 16.7. The Morgan fingerprint density at radius 3 is 2.81 bits per heavy atom. The molecule has 1 aromatic rings. The molecule has 0 amide bonds. The van der Waals surface area contributed by atoms with E-state index in [1.165, 1.54) is 0 Å². The standard InChI is InChI=1S/C16H27N3O2/c1-3-5-8-13-12-18-15(10-6-4-2)19(13)21-16(20)14-9-7-11-17-14/h12,14,17H,3-11H2,1-2H3/t14-/m0/s1. The fourth-order valence-electron chi connectivity index (χ4n) is 2.60. The molecule has 0 saturated carbocycles. The van der Waals surface area contributed by atoms with Crippen molar-refractivity contribution >= 4 is 5.97 Å². The number of carbonyl (C=O) groups is 1. The van der Waals surface area contributed by atoms with Gasteiger partial charge in [0.2, 0.25) is 0 Å². The predicted octanol–water partition coefficient (Wildman–Crippen LogP) is 2.28. The van der Waals surface area contributed by atoms with Crippen molar-refractivity contribution in [3.05, 3.63) is 17.7 Å². The number of carbonyl (C=O) groups excluding carboxylic acids is 1. The molecule has 21 heavy (non-hydrogen) atoms. The molecule has 1 aromatic heterocycles. The average molecular weight is 293 g/mol. The molecule has 1 atom stereocenters. The van der Waals surface area contributed by atoms with Gasteiger partial charge in [-0.05, 0) is 38.6 Å². The van der Waals surface area contributed by atoms with Crippen LogP contribution in [-0.2, 0) is 17.6 Å². The van der Waals surface area contributed by atoms with Gasteiger partial charge in [-0.1, -0.05) is 26.7 Å². The number of nitrogens with one attached hydrogen (secondary N) is 1. The van der Waals surface area contributed by atoms with Crippen LogP contribution in [0.3, 0.4) is 0 Å². The average Bonchev–Trinajstić information content (AvgIpc) is 3.13. The minimum absolute atomic E-state index is 0.162. The number of hydrogen-bond donors (Lipinski definition) is 1. The lowest BCUT2D eigenvalue weighted by atomic mass is 10.2. The zero-order valence-electron chi connectivity index (χ0n) is 13.2. The SMILES string of the molecule is CCCCc1cnc(CCCC)n1OC(=O)[C@@H]1CCCN1. The van der Waals surface area contributed by atoms with E-state index in [1.54, 1.807) is 4.73 Å². The number of unbranched alkanes of at least 4 members (excludes halogenated alkanes) is 2. The van der Waals surface area contributed by atoms with Gasteiger partial charge in [-0.2, -0.15) is 4.73 Å². The molecular formula is C16H27N3O2. The van der Waals surface area contributed by atoms with Gasteiger partial charge in [-0.3, -0.25) is 0 Å². The van der Waals surface area contributed by atoms with Crippen LogP contribution in [0, 0.1) is 0 Å². The molecular weight excluding hydrogens is 266 g/mol. The van der Waals surface area contributed by atoms with Crippen LogP contribution in [0.4, 0.5) is 0 Å². The zero-order chi connectivity index (χ0) is 15.1. The van der Waals surface area contributed by atoms with Crippen molar-refractivity contribution in [3.63, 3.8) is 0 Å². The molecule has 1 N–H and O–H groups in total. The Bertz CT molecular complexity index is 425. The van der Waals surface area contributed by atoms with E-state index in [9.17, 15) is 4.79 Å². The van der Waals surface area contributed by atoms with Gasteiger partial charge in [0.05, 0.1) is 11.9 Å². The molecule has 0 aromatic carbocycles. The summed E-state index contributed by atoms with van der Waals surface area (Å²) in [4.78, 5) is 22.3. The Hall–Kier alpha value is -1.36. The fraction of sp³-hybridized carbons (Fsp3) is 0.750. The Kier molecular flexibility index (Phi) is 6.23. The maximum atomic E-state index is 12.2. The highest BCUT2D eigenvalue weighted by Crippen LogP contribution is 2.12. The molecule has 118 valence electrons. The van der Waals surface area contributed by atoms with Gasteiger partial charge in [0, 0.05) is 6.42 Å². The molecule has 0 radical (unpaired) electrons. The van der Waals surface area contributed by atoms with Crippen LogP contribution in [0.25, 0.3) is 0 Å². The van der Waals surface area contributed by atoms with Crippen LogP contribution < -0.4 is 10.2 Å². The Labute approximate surface area is 127 Å². The normalized spacial score (nSPS) is 18.1. The maximum absolute atomic E-state index is 12.2. The van der Waals surface area contributed by atoms with Crippen molar-refractivity contribution in [2.24, 2.45) is 0 Å². The number of hydrogen-bond acceptors (Lipinski definition) is 4. The number of aromatic nitrogens is 2. The molecule has 0 bridgehead atoms. The van der Waals surface area contributed by atoms with Gasteiger partial charge in [0.25, 0.3) is 0 Å². The monoisotopic (exact) mass is 293 g/mol. The first kappa shape index (κ1) is 16.0. The second kappa shape index (κ2) is 8.17. The van der Waals surface area contributed by atoms with Gasteiger partial charge in [-0.15, -0.1) is 0 Å². The van der Waals surface area contributed by atoms with E-state index in [2.05, 4.69) is 24.1 Å². The number of aryl methyl sites for hydroxylation is 2.